The van der Waals surface area contributed by atoms with Gasteiger partial charge in [0, 0.05) is 12.8 Å². The van der Waals surface area contributed by atoms with Crippen molar-refractivity contribution in [2.45, 2.75) is 51.9 Å². The van der Waals surface area contributed by atoms with Crippen LogP contribution in [-0.4, -0.2) is 12.5 Å². The Bertz CT molecular complexity index is 190. The lowest BCUT2D eigenvalue weighted by Gasteiger charge is -2.34. The standard InChI is InChI=1S/C11H21F2N/c1-10(2,8-14)6-9-4-3-5-11(12,13)7-9/h9H,3-8,14H2,1-2H3. The number of halogens is 2. The largest absolute Gasteiger partial charge is 0.330 e. The summed E-state index contributed by atoms with van der Waals surface area (Å²) in [6.45, 7) is 4.69. The molecule has 0 bridgehead atoms. The molecule has 0 saturated heterocycles. The molecule has 0 aliphatic heterocycles. The van der Waals surface area contributed by atoms with Crippen LogP contribution in [0.25, 0.3) is 0 Å². The van der Waals surface area contributed by atoms with E-state index in [4.69, 9.17) is 5.73 Å². The van der Waals surface area contributed by atoms with Gasteiger partial charge < -0.3 is 5.73 Å². The first kappa shape index (κ1) is 11.9. The molecule has 14 heavy (non-hydrogen) atoms. The SMILES string of the molecule is CC(C)(CN)CC1CCCC(F)(F)C1. The van der Waals surface area contributed by atoms with Crippen LogP contribution in [0.1, 0.15) is 46.0 Å². The lowest BCUT2D eigenvalue weighted by atomic mass is 9.75. The number of rotatable bonds is 3. The first-order chi connectivity index (χ1) is 6.35. The third kappa shape index (κ3) is 3.52. The van der Waals surface area contributed by atoms with Crippen molar-refractivity contribution in [3.8, 4) is 0 Å². The van der Waals surface area contributed by atoms with Crippen LogP contribution in [0.3, 0.4) is 0 Å². The van der Waals surface area contributed by atoms with E-state index < -0.39 is 5.92 Å². The first-order valence-electron chi connectivity index (χ1n) is 5.43. The molecule has 1 atom stereocenters. The summed E-state index contributed by atoms with van der Waals surface area (Å²) in [5.74, 6) is -2.26. The van der Waals surface area contributed by atoms with Crippen molar-refractivity contribution in [2.24, 2.45) is 17.1 Å². The number of hydrogen-bond acceptors (Lipinski definition) is 1. The molecule has 84 valence electrons. The molecule has 1 aliphatic carbocycles. The van der Waals surface area contributed by atoms with E-state index in [-0.39, 0.29) is 24.2 Å². The molecule has 0 aromatic carbocycles. The van der Waals surface area contributed by atoms with E-state index >= 15 is 0 Å². The molecular weight excluding hydrogens is 184 g/mol. The Hall–Kier alpha value is -0.180. The monoisotopic (exact) mass is 205 g/mol. The Morgan fingerprint density at radius 2 is 2.07 bits per heavy atom. The fourth-order valence-electron chi connectivity index (χ4n) is 2.31. The van der Waals surface area contributed by atoms with Gasteiger partial charge in [0.2, 0.25) is 5.92 Å². The summed E-state index contributed by atoms with van der Waals surface area (Å²) in [4.78, 5) is 0. The zero-order chi connectivity index (χ0) is 10.8. The lowest BCUT2D eigenvalue weighted by Crippen LogP contribution is -2.32. The van der Waals surface area contributed by atoms with Crippen molar-refractivity contribution in [1.29, 1.82) is 0 Å². The summed E-state index contributed by atoms with van der Waals surface area (Å²) in [7, 11) is 0. The van der Waals surface area contributed by atoms with Crippen molar-refractivity contribution in [3.05, 3.63) is 0 Å². The van der Waals surface area contributed by atoms with Crippen LogP contribution in [0.2, 0.25) is 0 Å². The summed E-state index contributed by atoms with van der Waals surface area (Å²) in [6.07, 6.45) is 2.58. The van der Waals surface area contributed by atoms with Gasteiger partial charge in [-0.1, -0.05) is 13.8 Å². The number of alkyl halides is 2. The fourth-order valence-corrected chi connectivity index (χ4v) is 2.31. The highest BCUT2D eigenvalue weighted by Gasteiger charge is 2.37. The third-order valence-corrected chi connectivity index (χ3v) is 3.14. The molecular formula is C11H21F2N. The Balaban J connectivity index is 2.46. The van der Waals surface area contributed by atoms with Crippen LogP contribution in [0, 0.1) is 11.3 Å². The van der Waals surface area contributed by atoms with Crippen molar-refractivity contribution >= 4 is 0 Å². The second kappa shape index (κ2) is 4.13. The smallest absolute Gasteiger partial charge is 0.248 e. The minimum absolute atomic E-state index is 0.0120. The second-order valence-electron chi connectivity index (χ2n) is 5.39. The first-order valence-corrected chi connectivity index (χ1v) is 5.43. The number of nitrogens with two attached hydrogens (primary N) is 1. The molecule has 0 spiro atoms. The van der Waals surface area contributed by atoms with E-state index in [9.17, 15) is 8.78 Å². The average molecular weight is 205 g/mol. The van der Waals surface area contributed by atoms with E-state index in [1.54, 1.807) is 0 Å². The van der Waals surface area contributed by atoms with Gasteiger partial charge in [-0.3, -0.25) is 0 Å². The molecule has 0 aromatic rings. The van der Waals surface area contributed by atoms with Gasteiger partial charge >= 0.3 is 0 Å². The Labute approximate surface area is 85.1 Å². The molecule has 1 nitrogen and oxygen atoms in total. The van der Waals surface area contributed by atoms with E-state index in [0.717, 1.165) is 12.8 Å². The molecule has 0 amide bonds. The summed E-state index contributed by atoms with van der Waals surface area (Å²) in [6, 6.07) is 0. The molecule has 0 radical (unpaired) electrons. The van der Waals surface area contributed by atoms with Crippen LogP contribution in [0.15, 0.2) is 0 Å². The van der Waals surface area contributed by atoms with Gasteiger partial charge in [-0.15, -0.1) is 0 Å². The van der Waals surface area contributed by atoms with Gasteiger partial charge in [0.15, 0.2) is 0 Å². The van der Waals surface area contributed by atoms with Gasteiger partial charge in [-0.25, -0.2) is 8.78 Å². The van der Waals surface area contributed by atoms with Crippen molar-refractivity contribution < 1.29 is 8.78 Å². The summed E-state index contributed by atoms with van der Waals surface area (Å²) in [5, 5.41) is 0. The summed E-state index contributed by atoms with van der Waals surface area (Å²) >= 11 is 0. The van der Waals surface area contributed by atoms with E-state index in [0.29, 0.717) is 13.0 Å². The highest BCUT2D eigenvalue weighted by molar-refractivity contribution is 4.82. The predicted octanol–water partition coefficient (Wildman–Crippen LogP) is 3.19. The quantitative estimate of drug-likeness (QED) is 0.752. The van der Waals surface area contributed by atoms with Crippen LogP contribution in [-0.2, 0) is 0 Å². The van der Waals surface area contributed by atoms with Crippen LogP contribution in [0.5, 0.6) is 0 Å². The topological polar surface area (TPSA) is 26.0 Å². The second-order valence-corrected chi connectivity index (χ2v) is 5.39. The van der Waals surface area contributed by atoms with Gasteiger partial charge in [0.1, 0.15) is 0 Å². The normalized spacial score (nSPS) is 27.6. The van der Waals surface area contributed by atoms with Gasteiger partial charge in [0.05, 0.1) is 0 Å². The molecule has 1 unspecified atom stereocenters. The maximum absolute atomic E-state index is 13.1. The molecule has 1 fully saturated rings. The Kier molecular flexibility index (Phi) is 3.51. The van der Waals surface area contributed by atoms with Crippen LogP contribution < -0.4 is 5.73 Å². The minimum atomic E-state index is -2.42. The zero-order valence-corrected chi connectivity index (χ0v) is 9.15. The fraction of sp³-hybridized carbons (Fsp3) is 1.00. The van der Waals surface area contributed by atoms with Gasteiger partial charge in [-0.05, 0) is 37.1 Å². The Morgan fingerprint density at radius 1 is 1.43 bits per heavy atom. The minimum Gasteiger partial charge on any atom is -0.330 e. The van der Waals surface area contributed by atoms with Gasteiger partial charge in [0.25, 0.3) is 0 Å². The van der Waals surface area contributed by atoms with Crippen molar-refractivity contribution in [2.75, 3.05) is 6.54 Å². The van der Waals surface area contributed by atoms with Crippen molar-refractivity contribution in [1.82, 2.24) is 0 Å². The lowest BCUT2D eigenvalue weighted by molar-refractivity contribution is -0.0579. The Morgan fingerprint density at radius 3 is 2.57 bits per heavy atom. The summed E-state index contributed by atoms with van der Waals surface area (Å²) in [5.41, 5.74) is 5.62. The highest BCUT2D eigenvalue weighted by Crippen LogP contribution is 2.41. The maximum Gasteiger partial charge on any atom is 0.248 e. The van der Waals surface area contributed by atoms with E-state index in [1.807, 2.05) is 0 Å². The van der Waals surface area contributed by atoms with E-state index in [1.165, 1.54) is 0 Å². The summed E-state index contributed by atoms with van der Waals surface area (Å²) < 4.78 is 26.2. The van der Waals surface area contributed by atoms with Gasteiger partial charge in [-0.2, -0.15) is 0 Å². The maximum atomic E-state index is 13.1. The molecule has 1 rings (SSSR count). The van der Waals surface area contributed by atoms with Crippen LogP contribution >= 0.6 is 0 Å². The van der Waals surface area contributed by atoms with E-state index in [2.05, 4.69) is 13.8 Å². The number of hydrogen-bond donors (Lipinski definition) is 1. The molecule has 0 aromatic heterocycles. The zero-order valence-electron chi connectivity index (χ0n) is 9.15. The predicted molar refractivity (Wildman–Crippen MR) is 54.4 cm³/mol. The average Bonchev–Trinajstić information content (AvgIpc) is 2.01. The van der Waals surface area contributed by atoms with Crippen LogP contribution in [0.4, 0.5) is 8.78 Å². The molecule has 3 heteroatoms. The highest BCUT2D eigenvalue weighted by atomic mass is 19.3. The molecule has 1 aliphatic rings. The molecule has 0 heterocycles. The third-order valence-electron chi connectivity index (χ3n) is 3.14. The molecule has 2 N–H and O–H groups in total. The molecule has 1 saturated carbocycles. The van der Waals surface area contributed by atoms with Crippen molar-refractivity contribution in [3.63, 3.8) is 0 Å².